The molecule has 0 aliphatic carbocycles. The molecule has 1 aliphatic heterocycles. The zero-order valence-electron chi connectivity index (χ0n) is 13.6. The zero-order chi connectivity index (χ0) is 17.2. The average Bonchev–Trinajstić information content (AvgIpc) is 2.83. The van der Waals surface area contributed by atoms with Gasteiger partial charge in [-0.2, -0.15) is 0 Å². The molecule has 1 aliphatic rings. The van der Waals surface area contributed by atoms with Crippen LogP contribution in [0.15, 0.2) is 72.8 Å². The van der Waals surface area contributed by atoms with Crippen LogP contribution < -0.4 is 4.74 Å². The zero-order valence-corrected chi connectivity index (χ0v) is 14.3. The van der Waals surface area contributed by atoms with Gasteiger partial charge in [0.15, 0.2) is 0 Å². The second-order valence-corrected chi connectivity index (χ2v) is 6.44. The number of benzene rings is 3. The number of hydrogen-bond donors (Lipinski definition) is 1. The molecule has 0 unspecified atom stereocenters. The Labute approximate surface area is 152 Å². The lowest BCUT2D eigenvalue weighted by atomic mass is 9.88. The molecule has 0 spiro atoms. The van der Waals surface area contributed by atoms with Crippen LogP contribution in [0.2, 0.25) is 5.02 Å². The predicted molar refractivity (Wildman–Crippen MR) is 102 cm³/mol. The Morgan fingerprint density at radius 3 is 2.24 bits per heavy atom. The molecule has 0 aromatic heterocycles. The minimum absolute atomic E-state index is 0.260. The first-order valence-corrected chi connectivity index (χ1v) is 8.61. The third-order valence-electron chi connectivity index (χ3n) is 4.42. The molecule has 3 aromatic carbocycles. The Bertz CT molecular complexity index is 925. The Morgan fingerprint density at radius 2 is 1.48 bits per heavy atom. The first kappa shape index (κ1) is 15.8. The summed E-state index contributed by atoms with van der Waals surface area (Å²) >= 11 is 6.07. The van der Waals surface area contributed by atoms with E-state index < -0.39 is 0 Å². The molecule has 0 bridgehead atoms. The van der Waals surface area contributed by atoms with E-state index in [1.807, 2.05) is 54.6 Å². The maximum atomic E-state index is 9.66. The van der Waals surface area contributed by atoms with Gasteiger partial charge in [-0.1, -0.05) is 54.1 Å². The molecule has 0 radical (unpaired) electrons. The van der Waals surface area contributed by atoms with E-state index in [0.29, 0.717) is 6.61 Å². The number of fused-ring (bicyclic) bond motifs is 1. The number of halogens is 1. The van der Waals surface area contributed by atoms with Gasteiger partial charge in [-0.25, -0.2) is 0 Å². The fraction of sp³-hybridized carbons (Fsp3) is 0.0909. The van der Waals surface area contributed by atoms with E-state index in [4.69, 9.17) is 16.3 Å². The minimum atomic E-state index is 0.260. The van der Waals surface area contributed by atoms with E-state index in [1.165, 1.54) is 5.57 Å². The third-order valence-corrected chi connectivity index (χ3v) is 4.67. The van der Waals surface area contributed by atoms with Crippen molar-refractivity contribution in [1.29, 1.82) is 0 Å². The Kier molecular flexibility index (Phi) is 4.21. The summed E-state index contributed by atoms with van der Waals surface area (Å²) in [5.74, 6) is 1.14. The molecule has 0 saturated heterocycles. The van der Waals surface area contributed by atoms with E-state index >= 15 is 0 Å². The summed E-state index contributed by atoms with van der Waals surface area (Å²) in [5, 5.41) is 10.4. The van der Waals surface area contributed by atoms with Crippen molar-refractivity contribution in [3.8, 4) is 11.5 Å². The highest BCUT2D eigenvalue weighted by atomic mass is 35.5. The summed E-state index contributed by atoms with van der Waals surface area (Å²) in [5.41, 5.74) is 5.60. The van der Waals surface area contributed by atoms with Gasteiger partial charge >= 0.3 is 0 Å². The van der Waals surface area contributed by atoms with E-state index in [1.54, 1.807) is 12.1 Å². The average molecular weight is 349 g/mol. The number of phenolic OH excluding ortho intramolecular Hbond substituents is 1. The van der Waals surface area contributed by atoms with Crippen molar-refractivity contribution in [1.82, 2.24) is 0 Å². The largest absolute Gasteiger partial charge is 0.508 e. The first-order valence-electron chi connectivity index (χ1n) is 8.23. The van der Waals surface area contributed by atoms with Crippen LogP contribution in [-0.4, -0.2) is 11.7 Å². The molecule has 1 heterocycles. The van der Waals surface area contributed by atoms with Gasteiger partial charge < -0.3 is 9.84 Å². The monoisotopic (exact) mass is 348 g/mol. The molecular weight excluding hydrogens is 332 g/mol. The summed E-state index contributed by atoms with van der Waals surface area (Å²) in [7, 11) is 0. The normalized spacial score (nSPS) is 13.8. The van der Waals surface area contributed by atoms with Gasteiger partial charge in [0.05, 0.1) is 6.61 Å². The molecule has 1 N–H and O–H groups in total. The Morgan fingerprint density at radius 1 is 0.800 bits per heavy atom. The minimum Gasteiger partial charge on any atom is -0.508 e. The number of para-hydroxylation sites is 1. The van der Waals surface area contributed by atoms with E-state index in [-0.39, 0.29) is 5.75 Å². The van der Waals surface area contributed by atoms with Crippen molar-refractivity contribution in [2.45, 2.75) is 6.42 Å². The van der Waals surface area contributed by atoms with Crippen molar-refractivity contribution in [2.24, 2.45) is 0 Å². The second-order valence-electron chi connectivity index (χ2n) is 6.00. The smallest absolute Gasteiger partial charge is 0.127 e. The highest BCUT2D eigenvalue weighted by molar-refractivity contribution is 6.30. The third kappa shape index (κ3) is 3.13. The number of ether oxygens (including phenoxy) is 1. The van der Waals surface area contributed by atoms with Crippen LogP contribution in [-0.2, 0) is 0 Å². The molecule has 2 nitrogen and oxygen atoms in total. The van der Waals surface area contributed by atoms with Crippen molar-refractivity contribution in [3.63, 3.8) is 0 Å². The lowest BCUT2D eigenvalue weighted by Crippen LogP contribution is -1.96. The first-order chi connectivity index (χ1) is 12.2. The molecule has 3 heteroatoms. The SMILES string of the molecule is Oc1ccc(C2=C(c3ccc(Cl)cc3)CCOc3ccccc32)cc1. The number of aromatic hydroxyl groups is 1. The molecule has 25 heavy (non-hydrogen) atoms. The maximum absolute atomic E-state index is 9.66. The quantitative estimate of drug-likeness (QED) is 0.635. The number of hydrogen-bond acceptors (Lipinski definition) is 2. The Hall–Kier alpha value is -2.71. The van der Waals surface area contributed by atoms with Crippen LogP contribution in [0.4, 0.5) is 0 Å². The molecule has 124 valence electrons. The molecule has 4 rings (SSSR count). The summed E-state index contributed by atoms with van der Waals surface area (Å²) < 4.78 is 5.98. The molecule has 0 atom stereocenters. The van der Waals surface area contributed by atoms with Gasteiger partial charge in [-0.3, -0.25) is 0 Å². The van der Waals surface area contributed by atoms with Crippen molar-refractivity contribution in [3.05, 3.63) is 94.5 Å². The van der Waals surface area contributed by atoms with Crippen LogP contribution in [0.5, 0.6) is 11.5 Å². The molecule has 0 amide bonds. The van der Waals surface area contributed by atoms with Gasteiger partial charge in [0.2, 0.25) is 0 Å². The number of phenols is 1. The highest BCUT2D eigenvalue weighted by Crippen LogP contribution is 2.41. The van der Waals surface area contributed by atoms with E-state index in [2.05, 4.69) is 6.07 Å². The summed E-state index contributed by atoms with van der Waals surface area (Å²) in [4.78, 5) is 0. The van der Waals surface area contributed by atoms with Gasteiger partial charge in [0, 0.05) is 17.0 Å². The van der Waals surface area contributed by atoms with E-state index in [0.717, 1.165) is 39.5 Å². The van der Waals surface area contributed by atoms with Crippen LogP contribution in [0.3, 0.4) is 0 Å². The molecule has 0 saturated carbocycles. The van der Waals surface area contributed by atoms with Gasteiger partial charge in [0.25, 0.3) is 0 Å². The summed E-state index contributed by atoms with van der Waals surface area (Å²) in [6, 6.07) is 23.3. The van der Waals surface area contributed by atoms with Crippen LogP contribution in [0.1, 0.15) is 23.1 Å². The fourth-order valence-corrected chi connectivity index (χ4v) is 3.37. The fourth-order valence-electron chi connectivity index (χ4n) is 3.25. The predicted octanol–water partition coefficient (Wildman–Crippen LogP) is 5.79. The lowest BCUT2D eigenvalue weighted by molar-refractivity contribution is 0.328. The van der Waals surface area contributed by atoms with Crippen molar-refractivity contribution < 1.29 is 9.84 Å². The number of rotatable bonds is 2. The standard InChI is InChI=1S/C22H17ClO2/c23-17-9-5-15(6-10-17)19-13-14-25-21-4-2-1-3-20(21)22(19)16-7-11-18(24)12-8-16/h1-12,24H,13-14H2. The van der Waals surface area contributed by atoms with Crippen molar-refractivity contribution in [2.75, 3.05) is 6.61 Å². The van der Waals surface area contributed by atoms with Crippen LogP contribution in [0.25, 0.3) is 11.1 Å². The summed E-state index contributed by atoms with van der Waals surface area (Å²) in [6.45, 7) is 0.622. The highest BCUT2D eigenvalue weighted by Gasteiger charge is 2.20. The molecular formula is C22H17ClO2. The maximum Gasteiger partial charge on any atom is 0.127 e. The summed E-state index contributed by atoms with van der Waals surface area (Å²) in [6.07, 6.45) is 0.798. The Balaban J connectivity index is 1.99. The van der Waals surface area contributed by atoms with Crippen LogP contribution >= 0.6 is 11.6 Å². The molecule has 0 fully saturated rings. The van der Waals surface area contributed by atoms with Crippen LogP contribution in [0, 0.1) is 0 Å². The van der Waals surface area contributed by atoms with Gasteiger partial charge in [-0.15, -0.1) is 0 Å². The molecule has 3 aromatic rings. The topological polar surface area (TPSA) is 29.5 Å². The van der Waals surface area contributed by atoms with E-state index in [9.17, 15) is 5.11 Å². The second kappa shape index (κ2) is 6.66. The van der Waals surface area contributed by atoms with Gasteiger partial charge in [-0.05, 0) is 52.6 Å². The lowest BCUT2D eigenvalue weighted by Gasteiger charge is -2.15. The van der Waals surface area contributed by atoms with Crippen molar-refractivity contribution >= 4 is 22.7 Å². The van der Waals surface area contributed by atoms with Gasteiger partial charge in [0.1, 0.15) is 11.5 Å².